The summed E-state index contributed by atoms with van der Waals surface area (Å²) in [5.74, 6) is -14.2. The molecule has 2 aliphatic carbocycles. The summed E-state index contributed by atoms with van der Waals surface area (Å²) in [5, 5.41) is 6.24. The molecule has 0 aromatic heterocycles. The van der Waals surface area contributed by atoms with Gasteiger partial charge in [0, 0.05) is 11.1 Å². The van der Waals surface area contributed by atoms with Crippen molar-refractivity contribution in [2.45, 2.75) is 75.0 Å². The van der Waals surface area contributed by atoms with Gasteiger partial charge in [-0.3, -0.25) is 5.43 Å². The van der Waals surface area contributed by atoms with Crippen molar-refractivity contribution in [2.75, 3.05) is 0 Å². The average Bonchev–Trinajstić information content (AvgIpc) is 3.11. The van der Waals surface area contributed by atoms with E-state index in [9.17, 15) is 53.4 Å². The summed E-state index contributed by atoms with van der Waals surface area (Å²) in [6, 6.07) is 0. The smallest absolute Gasteiger partial charge is 0.361 e. The molecule has 0 aromatic rings. The van der Waals surface area contributed by atoms with Crippen LogP contribution in [0.15, 0.2) is 10.1 Å². The van der Waals surface area contributed by atoms with Gasteiger partial charge in [-0.15, -0.1) is 0 Å². The third kappa shape index (κ3) is 3.14. The lowest BCUT2D eigenvalue weighted by Crippen LogP contribution is -2.71. The number of rotatable bonds is 3. The number of hydrogen-bond acceptors (Lipinski definition) is 5. The quantitative estimate of drug-likeness (QED) is 0.374. The standard InChI is InChI=1S/C17H18F11N3OS/c1-10(2)7-4-5-11(10,3)8(6-7)30-31-9-29-15(32,14(22,33-9)17(26,27)28)12(18,19)13(20,21)16(23,24)25/h7,32H,4-6H2,1-3H3,(H,29,31)/t7?,11-,14?,15?/m1/s1. The van der Waals surface area contributed by atoms with Crippen LogP contribution in [0, 0.1) is 16.7 Å². The highest BCUT2D eigenvalue weighted by Gasteiger charge is 2.90. The van der Waals surface area contributed by atoms with Crippen LogP contribution in [0.4, 0.5) is 48.3 Å². The molecule has 2 bridgehead atoms. The van der Waals surface area contributed by atoms with E-state index in [0.29, 0.717) is 18.6 Å². The normalized spacial score (nSPS) is 38.2. The SMILES string of the molecule is CC1(C)C2CC[C@]1(C)C(=NNC1=NC(O)(C(F)(F)C(F)(F)C(F)(F)F)C(F)(C(F)(F)F)S1)C2. The Bertz CT molecular complexity index is 900. The van der Waals surface area contributed by atoms with Gasteiger partial charge in [-0.2, -0.15) is 49.0 Å². The topological polar surface area (TPSA) is 57.0 Å². The van der Waals surface area contributed by atoms with Gasteiger partial charge in [0.05, 0.1) is 0 Å². The highest BCUT2D eigenvalue weighted by molar-refractivity contribution is 8.15. The van der Waals surface area contributed by atoms with E-state index in [2.05, 4.69) is 10.1 Å². The third-order valence-electron chi connectivity index (χ3n) is 7.30. The zero-order chi connectivity index (χ0) is 25.7. The van der Waals surface area contributed by atoms with Crippen molar-refractivity contribution >= 4 is 22.6 Å². The van der Waals surface area contributed by atoms with E-state index < -0.39 is 57.3 Å². The number of halogens is 11. The molecule has 4 nitrogen and oxygen atoms in total. The van der Waals surface area contributed by atoms with Crippen LogP contribution < -0.4 is 5.43 Å². The summed E-state index contributed by atoms with van der Waals surface area (Å²) >= 11 is -1.31. The van der Waals surface area contributed by atoms with Crippen molar-refractivity contribution in [1.29, 1.82) is 0 Å². The first-order valence-electron chi connectivity index (χ1n) is 9.42. The third-order valence-corrected chi connectivity index (χ3v) is 8.47. The highest BCUT2D eigenvalue weighted by Crippen LogP contribution is 2.65. The van der Waals surface area contributed by atoms with Crippen molar-refractivity contribution in [2.24, 2.45) is 26.8 Å². The van der Waals surface area contributed by atoms with Crippen LogP contribution in [-0.2, 0) is 0 Å². The van der Waals surface area contributed by atoms with Gasteiger partial charge < -0.3 is 5.11 Å². The Kier molecular flexibility index (Phi) is 5.48. The molecule has 33 heavy (non-hydrogen) atoms. The largest absolute Gasteiger partial charge is 0.460 e. The van der Waals surface area contributed by atoms with Gasteiger partial charge in [0.1, 0.15) is 0 Å². The van der Waals surface area contributed by atoms with Crippen molar-refractivity contribution < 1.29 is 53.4 Å². The van der Waals surface area contributed by atoms with Crippen LogP contribution >= 0.6 is 11.8 Å². The van der Waals surface area contributed by atoms with Crippen molar-refractivity contribution in [3.05, 3.63) is 0 Å². The number of nitrogens with one attached hydrogen (secondary N) is 1. The molecule has 3 aliphatic rings. The van der Waals surface area contributed by atoms with E-state index in [0.717, 1.165) is 6.42 Å². The van der Waals surface area contributed by atoms with Gasteiger partial charge in [-0.25, -0.2) is 9.38 Å². The van der Waals surface area contributed by atoms with E-state index in [1.54, 1.807) is 12.3 Å². The van der Waals surface area contributed by atoms with Gasteiger partial charge in [0.15, 0.2) is 5.17 Å². The Morgan fingerprint density at radius 1 is 1.03 bits per heavy atom. The van der Waals surface area contributed by atoms with Gasteiger partial charge in [-0.05, 0) is 42.4 Å². The second-order valence-corrected chi connectivity index (χ2v) is 10.2. The van der Waals surface area contributed by atoms with Gasteiger partial charge in [0.2, 0.25) is 0 Å². The number of hydrogen-bond donors (Lipinski definition) is 2. The molecular formula is C17H18F11N3OS. The second kappa shape index (κ2) is 6.88. The zero-order valence-electron chi connectivity index (χ0n) is 17.1. The van der Waals surface area contributed by atoms with E-state index in [-0.39, 0.29) is 11.3 Å². The molecule has 2 N–H and O–H groups in total. The first-order valence-corrected chi connectivity index (χ1v) is 10.2. The van der Waals surface area contributed by atoms with E-state index in [1.165, 1.54) is 0 Å². The number of fused-ring (bicyclic) bond motifs is 2. The summed E-state index contributed by atoms with van der Waals surface area (Å²) in [6.45, 7) is 5.60. The Balaban J connectivity index is 2.04. The van der Waals surface area contributed by atoms with E-state index >= 15 is 0 Å². The Morgan fingerprint density at radius 3 is 1.97 bits per heavy atom. The summed E-state index contributed by atoms with van der Waals surface area (Å²) < 4.78 is 147. The van der Waals surface area contributed by atoms with Crippen LogP contribution in [-0.4, -0.2) is 50.9 Å². The minimum absolute atomic E-state index is 0.114. The number of amidine groups is 1. The predicted molar refractivity (Wildman–Crippen MR) is 95.6 cm³/mol. The molecule has 0 amide bonds. The molecule has 0 saturated heterocycles. The summed E-state index contributed by atoms with van der Waals surface area (Å²) in [5.41, 5.74) is -4.65. The highest BCUT2D eigenvalue weighted by atomic mass is 32.2. The maximum absolute atomic E-state index is 14.8. The lowest BCUT2D eigenvalue weighted by atomic mass is 9.70. The molecule has 16 heteroatoms. The van der Waals surface area contributed by atoms with Crippen molar-refractivity contribution in [3.8, 4) is 0 Å². The molecule has 2 fully saturated rings. The fourth-order valence-electron chi connectivity index (χ4n) is 4.63. The lowest BCUT2D eigenvalue weighted by molar-refractivity contribution is -0.406. The molecule has 4 atom stereocenters. The van der Waals surface area contributed by atoms with Crippen LogP contribution in [0.3, 0.4) is 0 Å². The number of aliphatic hydroxyl groups is 1. The second-order valence-electron chi connectivity index (χ2n) is 9.09. The fourth-order valence-corrected chi connectivity index (χ4v) is 5.60. The maximum Gasteiger partial charge on any atom is 0.460 e. The van der Waals surface area contributed by atoms with Crippen LogP contribution in [0.1, 0.15) is 40.0 Å². The van der Waals surface area contributed by atoms with Crippen molar-refractivity contribution in [3.63, 3.8) is 0 Å². The number of aliphatic imine (C=N–C) groups is 1. The summed E-state index contributed by atoms with van der Waals surface area (Å²) in [6.07, 6.45) is -11.9. The molecule has 2 saturated carbocycles. The predicted octanol–water partition coefficient (Wildman–Crippen LogP) is 5.63. The van der Waals surface area contributed by atoms with E-state index in [4.69, 9.17) is 0 Å². The Labute approximate surface area is 184 Å². The molecule has 1 heterocycles. The average molecular weight is 521 g/mol. The summed E-state index contributed by atoms with van der Waals surface area (Å²) in [4.78, 5) is 2.27. The molecule has 190 valence electrons. The van der Waals surface area contributed by atoms with E-state index in [1.807, 2.05) is 13.8 Å². The van der Waals surface area contributed by atoms with Gasteiger partial charge >= 0.3 is 29.2 Å². The number of thioether (sulfide) groups is 1. The summed E-state index contributed by atoms with van der Waals surface area (Å²) in [7, 11) is 0. The fraction of sp³-hybridized carbons (Fsp3) is 0.882. The molecule has 1 aliphatic heterocycles. The first kappa shape index (κ1) is 26.3. The Hall–Kier alpha value is -1.32. The number of nitrogens with zero attached hydrogens (tertiary/aromatic N) is 2. The molecule has 3 unspecified atom stereocenters. The zero-order valence-corrected chi connectivity index (χ0v) is 17.9. The van der Waals surface area contributed by atoms with Crippen molar-refractivity contribution in [1.82, 2.24) is 5.43 Å². The van der Waals surface area contributed by atoms with Crippen LogP contribution in [0.2, 0.25) is 0 Å². The van der Waals surface area contributed by atoms with Gasteiger partial charge in [0.25, 0.3) is 5.72 Å². The molecular weight excluding hydrogens is 503 g/mol. The van der Waals surface area contributed by atoms with Gasteiger partial charge in [-0.1, -0.05) is 20.8 Å². The van der Waals surface area contributed by atoms with Crippen LogP contribution in [0.25, 0.3) is 0 Å². The first-order chi connectivity index (χ1) is 14.5. The van der Waals surface area contributed by atoms with Crippen LogP contribution in [0.5, 0.6) is 0 Å². The maximum atomic E-state index is 14.8. The molecule has 0 spiro atoms. The minimum Gasteiger partial charge on any atom is -0.361 e. The molecule has 3 rings (SSSR count). The monoisotopic (exact) mass is 521 g/mol. The number of alkyl halides is 11. The number of hydrazone groups is 1. The minimum atomic E-state index is -7.26. The lowest BCUT2D eigenvalue weighted by Gasteiger charge is -2.41. The molecule has 0 radical (unpaired) electrons. The molecule has 0 aromatic carbocycles. The Morgan fingerprint density at radius 2 is 1.58 bits per heavy atom.